The molecule has 1 aliphatic rings. The number of fused-ring (bicyclic) bond motifs is 1. The number of carbonyl (C=O) groups is 1. The van der Waals surface area contributed by atoms with Crippen LogP contribution < -0.4 is 0 Å². The summed E-state index contributed by atoms with van der Waals surface area (Å²) in [5, 5.41) is 0. The first-order valence-electron chi connectivity index (χ1n) is 9.51. The fraction of sp³-hybridized carbons (Fsp3) is 0.375. The molecular formula is C24H31BrO2. The van der Waals surface area contributed by atoms with Gasteiger partial charge in [-0.15, -0.1) is 0 Å². The van der Waals surface area contributed by atoms with E-state index in [4.69, 9.17) is 4.79 Å². The summed E-state index contributed by atoms with van der Waals surface area (Å²) < 4.78 is 5.20. The van der Waals surface area contributed by atoms with Gasteiger partial charge in [0.25, 0.3) is 6.47 Å². The minimum Gasteiger partial charge on any atom is -0.471 e. The summed E-state index contributed by atoms with van der Waals surface area (Å²) in [5.41, 5.74) is 8.21. The monoisotopic (exact) mass is 430 g/mol. The molecule has 2 nitrogen and oxygen atoms in total. The van der Waals surface area contributed by atoms with E-state index in [1.165, 1.54) is 51.4 Å². The summed E-state index contributed by atoms with van der Waals surface area (Å²) in [5.74, 6) is 0.564. The molecule has 146 valence electrons. The molecular weight excluding hydrogens is 400 g/mol. The molecule has 0 amide bonds. The number of hydrogen-bond acceptors (Lipinski definition) is 2. The van der Waals surface area contributed by atoms with Gasteiger partial charge >= 0.3 is 0 Å². The third-order valence-electron chi connectivity index (χ3n) is 4.48. The molecule has 0 saturated carbocycles. The van der Waals surface area contributed by atoms with E-state index in [0.717, 1.165) is 6.42 Å². The fourth-order valence-electron chi connectivity index (χ4n) is 3.06. The van der Waals surface area contributed by atoms with Crippen LogP contribution in [0.4, 0.5) is 0 Å². The zero-order valence-electron chi connectivity index (χ0n) is 17.3. The minimum absolute atomic E-state index is 0.375. The lowest BCUT2D eigenvalue weighted by atomic mass is 9.92. The molecule has 0 fully saturated rings. The Hall–Kier alpha value is -1.87. The molecule has 27 heavy (non-hydrogen) atoms. The molecule has 0 aliphatic heterocycles. The smallest absolute Gasteiger partial charge is 0.292 e. The molecule has 0 bridgehead atoms. The molecule has 1 aliphatic carbocycles. The van der Waals surface area contributed by atoms with Gasteiger partial charge in [-0.2, -0.15) is 0 Å². The Morgan fingerprint density at radius 1 is 1.04 bits per heavy atom. The van der Waals surface area contributed by atoms with Crippen molar-refractivity contribution >= 4 is 28.0 Å². The highest BCUT2D eigenvalue weighted by Crippen LogP contribution is 2.40. The Kier molecular flexibility index (Phi) is 10.1. The van der Waals surface area contributed by atoms with Crippen LogP contribution in [0.1, 0.15) is 55.0 Å². The maximum atomic E-state index is 8.95. The van der Waals surface area contributed by atoms with Gasteiger partial charge in [-0.1, -0.05) is 90.3 Å². The topological polar surface area (TPSA) is 26.3 Å². The Labute approximate surface area is 172 Å². The van der Waals surface area contributed by atoms with Gasteiger partial charge in [0.15, 0.2) is 0 Å². The third-order valence-corrected chi connectivity index (χ3v) is 5.66. The van der Waals surface area contributed by atoms with Crippen LogP contribution in [0, 0.1) is 19.8 Å². The second kappa shape index (κ2) is 11.8. The first kappa shape index (κ1) is 23.2. The van der Waals surface area contributed by atoms with Crippen LogP contribution in [0.25, 0.3) is 5.57 Å². The summed E-state index contributed by atoms with van der Waals surface area (Å²) in [6.07, 6.45) is 2.36. The number of ether oxygens (including phenoxy) is 1. The van der Waals surface area contributed by atoms with Crippen molar-refractivity contribution in [2.24, 2.45) is 5.92 Å². The second-order valence-electron chi connectivity index (χ2n) is 6.52. The van der Waals surface area contributed by atoms with Gasteiger partial charge in [-0.3, -0.25) is 4.79 Å². The molecule has 0 spiro atoms. The van der Waals surface area contributed by atoms with Crippen LogP contribution in [0.5, 0.6) is 0 Å². The average molecular weight is 431 g/mol. The number of benzene rings is 2. The Morgan fingerprint density at radius 3 is 2.15 bits per heavy atom. The molecule has 0 aromatic heterocycles. The largest absolute Gasteiger partial charge is 0.471 e. The van der Waals surface area contributed by atoms with Crippen LogP contribution in [0.3, 0.4) is 0 Å². The molecule has 0 N–H and O–H groups in total. The van der Waals surface area contributed by atoms with Gasteiger partial charge in [-0.25, -0.2) is 0 Å². The van der Waals surface area contributed by atoms with Crippen molar-refractivity contribution in [2.45, 2.75) is 47.5 Å². The van der Waals surface area contributed by atoms with E-state index < -0.39 is 0 Å². The molecule has 3 heteroatoms. The molecule has 3 rings (SSSR count). The number of rotatable bonds is 2. The van der Waals surface area contributed by atoms with Crippen LogP contribution in [-0.2, 0) is 16.0 Å². The average Bonchev–Trinajstić information content (AvgIpc) is 2.81. The molecule has 0 heterocycles. The number of halogens is 1. The predicted molar refractivity (Wildman–Crippen MR) is 119 cm³/mol. The van der Waals surface area contributed by atoms with E-state index in [-0.39, 0.29) is 0 Å². The number of methoxy groups -OCH3 is 1. The van der Waals surface area contributed by atoms with Crippen molar-refractivity contribution in [1.29, 1.82) is 0 Å². The first-order valence-corrected chi connectivity index (χ1v) is 10.3. The first-order chi connectivity index (χ1) is 13.0. The summed E-state index contributed by atoms with van der Waals surface area (Å²) >= 11 is 3.89. The van der Waals surface area contributed by atoms with E-state index in [0.29, 0.717) is 12.4 Å². The Balaban J connectivity index is 0.000000541. The summed E-state index contributed by atoms with van der Waals surface area (Å²) in [6.45, 7) is 11.0. The van der Waals surface area contributed by atoms with Crippen molar-refractivity contribution in [2.75, 3.05) is 7.11 Å². The quantitative estimate of drug-likeness (QED) is 0.486. The van der Waals surface area contributed by atoms with Gasteiger partial charge in [0.1, 0.15) is 0 Å². The standard InChI is InChI=1S/C20H21Br.C2H4O2.C2H6/c1-13-4-8-16(9-5-13)19-18-11-6-14(2)12-17(18)10-7-15(3)20(19)21;1-4-2-3;1-2/h4-6,8-9,11-12,15H,7,10H2,1-3H3;2H,1H3;1-2H3. The second-order valence-corrected chi connectivity index (χ2v) is 7.38. The van der Waals surface area contributed by atoms with Crippen molar-refractivity contribution in [1.82, 2.24) is 0 Å². The van der Waals surface area contributed by atoms with Crippen LogP contribution >= 0.6 is 15.9 Å². The highest BCUT2D eigenvalue weighted by Gasteiger charge is 2.21. The lowest BCUT2D eigenvalue weighted by Gasteiger charge is -2.15. The number of allylic oxidation sites excluding steroid dienone is 1. The number of hydrogen-bond donors (Lipinski definition) is 0. The molecule has 0 radical (unpaired) electrons. The van der Waals surface area contributed by atoms with Crippen molar-refractivity contribution in [3.8, 4) is 0 Å². The van der Waals surface area contributed by atoms with Crippen LogP contribution in [-0.4, -0.2) is 13.6 Å². The van der Waals surface area contributed by atoms with Gasteiger partial charge in [0, 0.05) is 4.48 Å². The van der Waals surface area contributed by atoms with Crippen molar-refractivity contribution in [3.63, 3.8) is 0 Å². The minimum atomic E-state index is 0.375. The fourth-order valence-corrected chi connectivity index (χ4v) is 3.73. The summed E-state index contributed by atoms with van der Waals surface area (Å²) in [7, 11) is 1.31. The van der Waals surface area contributed by atoms with Crippen molar-refractivity contribution < 1.29 is 9.53 Å². The molecule has 2 aromatic carbocycles. The van der Waals surface area contributed by atoms with E-state index in [1.807, 2.05) is 13.8 Å². The normalized spacial score (nSPS) is 15.3. The van der Waals surface area contributed by atoms with Crippen molar-refractivity contribution in [3.05, 3.63) is 74.8 Å². The Morgan fingerprint density at radius 2 is 1.59 bits per heavy atom. The van der Waals surface area contributed by atoms with Gasteiger partial charge in [-0.05, 0) is 54.9 Å². The van der Waals surface area contributed by atoms with Gasteiger partial charge in [0.05, 0.1) is 7.11 Å². The lowest BCUT2D eigenvalue weighted by Crippen LogP contribution is -1.96. The van der Waals surface area contributed by atoms with Crippen LogP contribution in [0.15, 0.2) is 46.9 Å². The SMILES string of the molecule is CC.COC=O.Cc1ccc(C2=C(Br)C(C)CCc3cc(C)ccc32)cc1. The predicted octanol–water partition coefficient (Wildman–Crippen LogP) is 6.86. The lowest BCUT2D eigenvalue weighted by molar-refractivity contribution is -0.126. The number of aryl methyl sites for hydroxylation is 3. The Bertz CT molecular complexity index is 760. The number of carbonyl (C=O) groups excluding carboxylic acids is 1. The highest BCUT2D eigenvalue weighted by molar-refractivity contribution is 9.11. The van der Waals surface area contributed by atoms with Gasteiger partial charge < -0.3 is 4.74 Å². The van der Waals surface area contributed by atoms with E-state index >= 15 is 0 Å². The van der Waals surface area contributed by atoms with E-state index in [9.17, 15) is 0 Å². The van der Waals surface area contributed by atoms with E-state index in [1.54, 1.807) is 0 Å². The molecule has 1 unspecified atom stereocenters. The maximum Gasteiger partial charge on any atom is 0.292 e. The highest BCUT2D eigenvalue weighted by atomic mass is 79.9. The molecule has 0 saturated heterocycles. The summed E-state index contributed by atoms with van der Waals surface area (Å²) in [4.78, 5) is 8.95. The zero-order chi connectivity index (χ0) is 20.4. The zero-order valence-corrected chi connectivity index (χ0v) is 18.9. The van der Waals surface area contributed by atoms with Crippen LogP contribution in [0.2, 0.25) is 0 Å². The third kappa shape index (κ3) is 6.35. The molecule has 1 atom stereocenters. The van der Waals surface area contributed by atoms with Gasteiger partial charge in [0.2, 0.25) is 0 Å². The molecule has 2 aromatic rings. The van der Waals surface area contributed by atoms with E-state index in [2.05, 4.69) is 83.9 Å². The summed E-state index contributed by atoms with van der Waals surface area (Å²) in [6, 6.07) is 15.8. The maximum absolute atomic E-state index is 8.95.